The number of aliphatic hydroxyl groups excluding tert-OH is 4. The molecule has 4 aliphatic heterocycles. The second kappa shape index (κ2) is 15.1. The molecule has 276 valence electrons. The van der Waals surface area contributed by atoms with Crippen LogP contribution in [0.1, 0.15) is 23.7 Å². The van der Waals surface area contributed by atoms with Crippen molar-refractivity contribution in [3.05, 3.63) is 59.7 Å². The fraction of sp³-hybridized carbons (Fsp3) is 0.382. The molecule has 0 aromatic heterocycles. The van der Waals surface area contributed by atoms with Crippen molar-refractivity contribution in [2.24, 2.45) is 15.0 Å². The number of carboxylic acid groups (broad SMARTS) is 1. The Labute approximate surface area is 295 Å². The lowest BCUT2D eigenvalue weighted by atomic mass is 9.80. The number of carbonyl (C=O) groups is 1. The monoisotopic (exact) mass is 724 g/mol. The Kier molecular flexibility index (Phi) is 10.6. The quantitative estimate of drug-likeness (QED) is 0.0998. The number of ether oxygens (including phenoxy) is 5. The Bertz CT molecular complexity index is 1860. The third-order valence-corrected chi connectivity index (χ3v) is 8.63. The number of amidine groups is 1. The van der Waals surface area contributed by atoms with Crippen LogP contribution in [0.15, 0.2) is 63.5 Å². The summed E-state index contributed by atoms with van der Waals surface area (Å²) >= 11 is 0. The van der Waals surface area contributed by atoms with E-state index in [1.807, 2.05) is 0 Å². The summed E-state index contributed by atoms with van der Waals surface area (Å²) in [5.74, 6) is -2.61. The third-order valence-electron chi connectivity index (χ3n) is 8.63. The number of rotatable bonds is 14. The van der Waals surface area contributed by atoms with Crippen LogP contribution in [0.5, 0.6) is 28.7 Å². The number of likely N-dealkylation sites (N-methyl/N-ethyl adjacent to an activating group) is 1. The van der Waals surface area contributed by atoms with Crippen molar-refractivity contribution in [1.82, 2.24) is 5.32 Å². The number of nitrogens with two attached hydrogens (primary N) is 1. The fourth-order valence-electron chi connectivity index (χ4n) is 5.94. The molecular weight excluding hydrogens is 686 g/mol. The number of aliphatic carboxylic acids is 1. The van der Waals surface area contributed by atoms with Crippen molar-refractivity contribution in [3.8, 4) is 28.7 Å². The first-order valence-corrected chi connectivity index (χ1v) is 16.1. The number of aliphatic imine (C=N–C) groups is 3. The lowest BCUT2D eigenvalue weighted by Gasteiger charge is -2.46. The topological polar surface area (TPSA) is 280 Å². The molecule has 18 nitrogen and oxygen atoms in total. The van der Waals surface area contributed by atoms with Crippen LogP contribution >= 0.6 is 0 Å². The van der Waals surface area contributed by atoms with Gasteiger partial charge in [0.25, 0.3) is 0 Å². The van der Waals surface area contributed by atoms with Gasteiger partial charge in [-0.05, 0) is 35.8 Å². The van der Waals surface area contributed by atoms with Gasteiger partial charge in [0, 0.05) is 36.9 Å². The molecule has 0 bridgehead atoms. The molecule has 1 fully saturated rings. The third kappa shape index (κ3) is 7.33. The maximum absolute atomic E-state index is 12.3. The number of hydrogen-bond donors (Lipinski definition) is 9. The maximum atomic E-state index is 12.3. The zero-order valence-electron chi connectivity index (χ0n) is 27.7. The standard InChI is InChI=1S/C34H37N5O13/c1-36-8-9-48-29-24(51-33-28(43)30(44)34(47,31(52-33)32(45)46)12-17-13-37-15-38-17)11-23-26(27(29)42)20(40)10-22(50-23)16-2-4-18(5-3-16)49-14-21(41)19-6-7-25(35)39-19/h2-7,10-11,15,21-22,28,30-31,33,35-36,40-44,47H,8-9,12-14H2,1H3,(H,45,46)/p+1. The van der Waals surface area contributed by atoms with E-state index in [2.05, 4.69) is 20.3 Å². The van der Waals surface area contributed by atoms with Gasteiger partial charge in [-0.1, -0.05) is 12.1 Å². The maximum Gasteiger partial charge on any atom is 0.336 e. The Morgan fingerprint density at radius 3 is 2.60 bits per heavy atom. The van der Waals surface area contributed by atoms with Crippen LogP contribution in [0.3, 0.4) is 0 Å². The molecule has 0 spiro atoms. The van der Waals surface area contributed by atoms with Gasteiger partial charge in [0.1, 0.15) is 66.3 Å². The summed E-state index contributed by atoms with van der Waals surface area (Å²) in [5, 5.41) is 84.6. The van der Waals surface area contributed by atoms with Gasteiger partial charge >= 0.3 is 11.8 Å². The summed E-state index contributed by atoms with van der Waals surface area (Å²) in [7, 11) is 1.67. The Balaban J connectivity index is 1.24. The molecule has 7 unspecified atom stereocenters. The average molecular weight is 725 g/mol. The number of fused-ring (bicyclic) bond motifs is 1. The van der Waals surface area contributed by atoms with E-state index in [0.29, 0.717) is 23.6 Å². The van der Waals surface area contributed by atoms with Crippen molar-refractivity contribution in [2.45, 2.75) is 48.8 Å². The summed E-state index contributed by atoms with van der Waals surface area (Å²) in [6, 6.07) is 7.82. The van der Waals surface area contributed by atoms with E-state index in [4.69, 9.17) is 29.1 Å². The van der Waals surface area contributed by atoms with E-state index in [1.165, 1.54) is 18.5 Å². The molecule has 6 rings (SSSR count). The van der Waals surface area contributed by atoms with Gasteiger partial charge in [-0.15, -0.1) is 0 Å². The number of aliphatic hydroxyl groups is 5. The molecule has 18 heteroatoms. The van der Waals surface area contributed by atoms with Gasteiger partial charge in [0.15, 0.2) is 29.4 Å². The lowest BCUT2D eigenvalue weighted by molar-refractivity contribution is -0.303. The Morgan fingerprint density at radius 1 is 1.17 bits per heavy atom. The first-order chi connectivity index (χ1) is 24.9. The smallest absolute Gasteiger partial charge is 0.336 e. The van der Waals surface area contributed by atoms with Gasteiger partial charge < -0.3 is 64.7 Å². The predicted molar refractivity (Wildman–Crippen MR) is 182 cm³/mol. The number of phenols is 1. The van der Waals surface area contributed by atoms with Crippen molar-refractivity contribution < 1.29 is 69.6 Å². The van der Waals surface area contributed by atoms with E-state index in [0.717, 1.165) is 0 Å². The van der Waals surface area contributed by atoms with E-state index >= 15 is 0 Å². The largest absolute Gasteiger partial charge is 0.507 e. The molecule has 52 heavy (non-hydrogen) atoms. The lowest BCUT2D eigenvalue weighted by Crippen LogP contribution is -2.69. The number of phenolic OH excluding ortho intramolecular Hbond substituents is 1. The number of nitrogens with one attached hydrogen (secondary N) is 1. The van der Waals surface area contributed by atoms with Crippen LogP contribution < -0.4 is 29.7 Å². The minimum Gasteiger partial charge on any atom is -0.507 e. The molecule has 0 radical (unpaired) electrons. The number of benzene rings is 2. The van der Waals surface area contributed by atoms with Gasteiger partial charge in [-0.2, -0.15) is 0 Å². The molecule has 1 saturated heterocycles. The molecule has 0 aliphatic carbocycles. The van der Waals surface area contributed by atoms with Crippen LogP contribution in [-0.2, 0) is 9.53 Å². The van der Waals surface area contributed by atoms with Gasteiger partial charge in [0.05, 0.1) is 6.54 Å². The second-order valence-corrected chi connectivity index (χ2v) is 12.3. The highest BCUT2D eigenvalue weighted by Crippen LogP contribution is 2.51. The molecule has 10 N–H and O–H groups in total. The molecule has 4 aliphatic rings. The van der Waals surface area contributed by atoms with Crippen molar-refractivity contribution in [2.75, 3.05) is 33.4 Å². The molecule has 4 heterocycles. The molecule has 0 saturated carbocycles. The van der Waals surface area contributed by atoms with Gasteiger partial charge in [0.2, 0.25) is 12.0 Å². The molecule has 7 atom stereocenters. The minimum atomic E-state index is -2.51. The van der Waals surface area contributed by atoms with Crippen LogP contribution in [-0.4, -0.2) is 135 Å². The molecule has 2 aromatic rings. The SMILES string of the molecule is CNCCOc1c(OC2OC(C(=O)O)C(O)(CC3=NC=NC3)C(O)C2O)cc2c(c1O)C(O)=CC(c1ccc(OCC(O)C3=NC(=[NH2+])C=C3)cc1)O2. The first kappa shape index (κ1) is 36.4. The Hall–Kier alpha value is -5.37. The van der Waals surface area contributed by atoms with Gasteiger partial charge in [-0.3, -0.25) is 10.4 Å². The van der Waals surface area contributed by atoms with Gasteiger partial charge in [-0.25, -0.2) is 9.79 Å². The van der Waals surface area contributed by atoms with Crippen LogP contribution in [0.4, 0.5) is 0 Å². The predicted octanol–water partition coefficient (Wildman–Crippen LogP) is -1.55. The summed E-state index contributed by atoms with van der Waals surface area (Å²) < 4.78 is 29.0. The summed E-state index contributed by atoms with van der Waals surface area (Å²) in [5.41, 5.74) is -1.45. The summed E-state index contributed by atoms with van der Waals surface area (Å²) in [4.78, 5) is 24.2. The number of hydrogen-bond acceptors (Lipinski definition) is 15. The number of aromatic hydroxyl groups is 1. The van der Waals surface area contributed by atoms with E-state index < -0.39 is 60.6 Å². The van der Waals surface area contributed by atoms with E-state index in [9.17, 15) is 40.5 Å². The van der Waals surface area contributed by atoms with Crippen molar-refractivity contribution in [3.63, 3.8) is 0 Å². The van der Waals surface area contributed by atoms with Crippen molar-refractivity contribution in [1.29, 1.82) is 0 Å². The average Bonchev–Trinajstić information content (AvgIpc) is 3.80. The highest BCUT2D eigenvalue weighted by Gasteiger charge is 2.59. The number of carboxylic acids is 1. The zero-order valence-corrected chi connectivity index (χ0v) is 27.7. The summed E-state index contributed by atoms with van der Waals surface area (Å²) in [6.45, 7) is 0.288. The normalized spacial score (nSPS) is 26.9. The van der Waals surface area contributed by atoms with Crippen molar-refractivity contribution >= 4 is 35.3 Å². The van der Waals surface area contributed by atoms with Crippen LogP contribution in [0, 0.1) is 0 Å². The molecular formula is C34H38N5O13+. The first-order valence-electron chi connectivity index (χ1n) is 16.1. The Morgan fingerprint density at radius 2 is 1.94 bits per heavy atom. The zero-order chi connectivity index (χ0) is 37.2. The van der Waals surface area contributed by atoms with E-state index in [-0.39, 0.29) is 59.9 Å². The fourth-order valence-corrected chi connectivity index (χ4v) is 5.94. The van der Waals surface area contributed by atoms with Crippen LogP contribution in [0.25, 0.3) is 5.76 Å². The minimum absolute atomic E-state index is 0.00564. The second-order valence-electron chi connectivity index (χ2n) is 12.3. The highest BCUT2D eigenvalue weighted by molar-refractivity contribution is 6.14. The van der Waals surface area contributed by atoms with Crippen LogP contribution in [0.2, 0.25) is 0 Å². The van der Waals surface area contributed by atoms with E-state index in [1.54, 1.807) is 43.5 Å². The number of nitrogens with zero attached hydrogens (tertiary/aromatic N) is 3. The summed E-state index contributed by atoms with van der Waals surface area (Å²) in [6.07, 6.45) is -4.70. The molecule has 0 amide bonds. The highest BCUT2D eigenvalue weighted by atomic mass is 16.7. The molecule has 2 aromatic carbocycles.